The highest BCUT2D eigenvalue weighted by Crippen LogP contribution is 2.36. The largest absolute Gasteiger partial charge is 0.490 e. The zero-order chi connectivity index (χ0) is 21.5. The summed E-state index contributed by atoms with van der Waals surface area (Å²) in [6.07, 6.45) is 1.78. The summed E-state index contributed by atoms with van der Waals surface area (Å²) in [7, 11) is 0. The number of primary amides is 1. The molecular formula is C22H23N3O5. The number of ether oxygens (including phenoxy) is 2. The fourth-order valence-corrected chi connectivity index (χ4v) is 2.97. The third-order valence-electron chi connectivity index (χ3n) is 4.38. The third-order valence-corrected chi connectivity index (χ3v) is 4.38. The van der Waals surface area contributed by atoms with E-state index >= 15 is 0 Å². The van der Waals surface area contributed by atoms with E-state index < -0.39 is 11.8 Å². The molecule has 0 bridgehead atoms. The van der Waals surface area contributed by atoms with Gasteiger partial charge in [-0.2, -0.15) is 0 Å². The molecule has 0 saturated carbocycles. The summed E-state index contributed by atoms with van der Waals surface area (Å²) in [6, 6.07) is 12.1. The predicted molar refractivity (Wildman–Crippen MR) is 112 cm³/mol. The highest BCUT2D eigenvalue weighted by atomic mass is 16.5. The lowest BCUT2D eigenvalue weighted by Gasteiger charge is -2.20. The molecule has 0 radical (unpaired) electrons. The van der Waals surface area contributed by atoms with Gasteiger partial charge >= 0.3 is 0 Å². The number of anilines is 1. The topological polar surface area (TPSA) is 120 Å². The van der Waals surface area contributed by atoms with Crippen molar-refractivity contribution < 1.29 is 23.9 Å². The summed E-state index contributed by atoms with van der Waals surface area (Å²) < 4.78 is 11.3. The van der Waals surface area contributed by atoms with Crippen molar-refractivity contribution in [2.75, 3.05) is 25.1 Å². The van der Waals surface area contributed by atoms with Crippen LogP contribution in [0.15, 0.2) is 48.0 Å². The highest BCUT2D eigenvalue weighted by Gasteiger charge is 2.21. The molecule has 0 atom stereocenters. The first-order chi connectivity index (χ1) is 14.5. The van der Waals surface area contributed by atoms with Crippen molar-refractivity contribution in [1.82, 2.24) is 5.32 Å². The monoisotopic (exact) mass is 409 g/mol. The van der Waals surface area contributed by atoms with E-state index in [4.69, 9.17) is 15.2 Å². The Morgan fingerprint density at radius 2 is 1.90 bits per heavy atom. The van der Waals surface area contributed by atoms with E-state index in [1.54, 1.807) is 30.3 Å². The van der Waals surface area contributed by atoms with Crippen LogP contribution in [0, 0.1) is 0 Å². The lowest BCUT2D eigenvalue weighted by atomic mass is 10.1. The molecule has 1 aliphatic heterocycles. The molecular weight excluding hydrogens is 386 g/mol. The Balaban J connectivity index is 1.75. The molecule has 0 unspecified atom stereocenters. The minimum Gasteiger partial charge on any atom is -0.490 e. The summed E-state index contributed by atoms with van der Waals surface area (Å²) in [4.78, 5) is 36.0. The Hall–Kier alpha value is -3.81. The van der Waals surface area contributed by atoms with Crippen LogP contribution in [0.5, 0.6) is 11.5 Å². The summed E-state index contributed by atoms with van der Waals surface area (Å²) in [5.74, 6) is -0.0599. The first-order valence-corrected chi connectivity index (χ1v) is 9.55. The van der Waals surface area contributed by atoms with Crippen molar-refractivity contribution in [2.24, 2.45) is 5.73 Å². The molecule has 0 aliphatic carbocycles. The molecule has 8 nitrogen and oxygen atoms in total. The molecule has 156 valence electrons. The quantitative estimate of drug-likeness (QED) is 0.617. The number of carbonyl (C=O) groups excluding carboxylic acids is 3. The second-order valence-electron chi connectivity index (χ2n) is 6.54. The Morgan fingerprint density at radius 1 is 1.10 bits per heavy atom. The van der Waals surface area contributed by atoms with Gasteiger partial charge in [0, 0.05) is 18.5 Å². The summed E-state index contributed by atoms with van der Waals surface area (Å²) in [6.45, 7) is 2.60. The van der Waals surface area contributed by atoms with Crippen LogP contribution in [0.25, 0.3) is 6.08 Å². The average Bonchev–Trinajstić information content (AvgIpc) is 2.74. The number of fused-ring (bicyclic) bond motifs is 1. The molecule has 8 heteroatoms. The molecule has 4 N–H and O–H groups in total. The van der Waals surface area contributed by atoms with Crippen LogP contribution in [0.3, 0.4) is 0 Å². The number of para-hydroxylation sites is 2. The van der Waals surface area contributed by atoms with Gasteiger partial charge in [-0.25, -0.2) is 0 Å². The van der Waals surface area contributed by atoms with Gasteiger partial charge in [-0.3, -0.25) is 14.4 Å². The van der Waals surface area contributed by atoms with Crippen LogP contribution in [0.4, 0.5) is 5.69 Å². The number of rotatable bonds is 8. The number of benzene rings is 2. The van der Waals surface area contributed by atoms with Crippen molar-refractivity contribution in [3.8, 4) is 11.5 Å². The molecule has 1 heterocycles. The predicted octanol–water partition coefficient (Wildman–Crippen LogP) is 2.10. The Labute approximate surface area is 174 Å². The van der Waals surface area contributed by atoms with Gasteiger partial charge in [-0.05, 0) is 31.2 Å². The average molecular weight is 409 g/mol. The maximum Gasteiger partial charge on any atom is 0.255 e. The third kappa shape index (κ3) is 4.96. The number of carbonyl (C=O) groups is 3. The van der Waals surface area contributed by atoms with Gasteiger partial charge in [0.1, 0.15) is 6.61 Å². The zero-order valence-electron chi connectivity index (χ0n) is 16.6. The van der Waals surface area contributed by atoms with Crippen LogP contribution in [-0.2, 0) is 9.59 Å². The van der Waals surface area contributed by atoms with Crippen LogP contribution in [-0.4, -0.2) is 37.5 Å². The van der Waals surface area contributed by atoms with Crippen LogP contribution in [0.1, 0.15) is 29.3 Å². The molecule has 2 aromatic carbocycles. The zero-order valence-corrected chi connectivity index (χ0v) is 16.6. The normalized spacial score (nSPS) is 12.1. The van der Waals surface area contributed by atoms with Gasteiger partial charge in [0.25, 0.3) is 11.8 Å². The van der Waals surface area contributed by atoms with Gasteiger partial charge in [0.05, 0.1) is 23.4 Å². The standard InChI is InChI=1S/C22H23N3O5/c1-2-29-18-9-5-6-14-12-15(13-30-20(14)18)21(27)25-17-8-4-3-7-16(17)22(28)24-11-10-19(23)26/h3-9,12H,2,10-11,13H2,1H3,(H2,23,26)(H,24,28)(H,25,27). The number of amides is 3. The van der Waals surface area contributed by atoms with Crippen molar-refractivity contribution in [3.63, 3.8) is 0 Å². The molecule has 0 fully saturated rings. The molecule has 3 rings (SSSR count). The van der Waals surface area contributed by atoms with Gasteiger partial charge in [-0.1, -0.05) is 24.3 Å². The second-order valence-corrected chi connectivity index (χ2v) is 6.54. The highest BCUT2D eigenvalue weighted by molar-refractivity contribution is 6.11. The Kier molecular flexibility index (Phi) is 6.69. The maximum absolute atomic E-state index is 12.8. The molecule has 2 aromatic rings. The molecule has 0 aromatic heterocycles. The first kappa shape index (κ1) is 20.9. The lowest BCUT2D eigenvalue weighted by Crippen LogP contribution is -2.29. The van der Waals surface area contributed by atoms with E-state index in [-0.39, 0.29) is 31.0 Å². The van der Waals surface area contributed by atoms with Crippen LogP contribution >= 0.6 is 0 Å². The van der Waals surface area contributed by atoms with E-state index in [1.165, 1.54) is 0 Å². The van der Waals surface area contributed by atoms with Gasteiger partial charge < -0.3 is 25.8 Å². The smallest absolute Gasteiger partial charge is 0.255 e. The van der Waals surface area contributed by atoms with E-state index in [0.717, 1.165) is 5.56 Å². The fraction of sp³-hybridized carbons (Fsp3) is 0.227. The Morgan fingerprint density at radius 3 is 2.67 bits per heavy atom. The number of hydrogen-bond donors (Lipinski definition) is 3. The van der Waals surface area contributed by atoms with E-state index in [9.17, 15) is 14.4 Å². The second kappa shape index (κ2) is 9.60. The minimum absolute atomic E-state index is 0.0354. The van der Waals surface area contributed by atoms with E-state index in [0.29, 0.717) is 29.4 Å². The van der Waals surface area contributed by atoms with Gasteiger partial charge in [0.15, 0.2) is 11.5 Å². The number of nitrogens with one attached hydrogen (secondary N) is 2. The molecule has 30 heavy (non-hydrogen) atoms. The van der Waals surface area contributed by atoms with E-state index in [2.05, 4.69) is 10.6 Å². The number of nitrogens with two attached hydrogens (primary N) is 1. The van der Waals surface area contributed by atoms with Crippen molar-refractivity contribution >= 4 is 29.5 Å². The summed E-state index contributed by atoms with van der Waals surface area (Å²) in [5, 5.41) is 5.37. The Bertz CT molecular complexity index is 1000. The van der Waals surface area contributed by atoms with Crippen LogP contribution < -0.4 is 25.8 Å². The molecule has 3 amide bonds. The van der Waals surface area contributed by atoms with Crippen LogP contribution in [0.2, 0.25) is 0 Å². The van der Waals surface area contributed by atoms with Crippen molar-refractivity contribution in [1.29, 1.82) is 0 Å². The molecule has 0 spiro atoms. The van der Waals surface area contributed by atoms with E-state index in [1.807, 2.05) is 25.1 Å². The van der Waals surface area contributed by atoms with Gasteiger partial charge in [0.2, 0.25) is 5.91 Å². The minimum atomic E-state index is -0.506. The summed E-state index contributed by atoms with van der Waals surface area (Å²) >= 11 is 0. The molecule has 1 aliphatic rings. The van der Waals surface area contributed by atoms with Crippen molar-refractivity contribution in [3.05, 3.63) is 59.2 Å². The van der Waals surface area contributed by atoms with Gasteiger partial charge in [-0.15, -0.1) is 0 Å². The first-order valence-electron chi connectivity index (χ1n) is 9.55. The van der Waals surface area contributed by atoms with Crippen molar-refractivity contribution in [2.45, 2.75) is 13.3 Å². The lowest BCUT2D eigenvalue weighted by molar-refractivity contribution is -0.118. The maximum atomic E-state index is 12.8. The molecule has 0 saturated heterocycles. The fourth-order valence-electron chi connectivity index (χ4n) is 2.97. The number of hydrogen-bond acceptors (Lipinski definition) is 5. The summed E-state index contributed by atoms with van der Waals surface area (Å²) in [5.41, 5.74) is 6.88. The SMILES string of the molecule is CCOc1cccc2c1OCC(C(=O)Nc1ccccc1C(=O)NCCC(N)=O)=C2.